The van der Waals surface area contributed by atoms with Crippen molar-refractivity contribution in [3.8, 4) is 0 Å². The maximum absolute atomic E-state index is 10.9. The lowest BCUT2D eigenvalue weighted by molar-refractivity contribution is 0.507. The van der Waals surface area contributed by atoms with E-state index in [1.165, 1.54) is 0 Å². The largest absolute Gasteiger partial charge is 0.469 e. The number of aliphatic imine (C=N–C) groups is 1. The van der Waals surface area contributed by atoms with Crippen molar-refractivity contribution in [2.75, 3.05) is 32.4 Å². The van der Waals surface area contributed by atoms with Gasteiger partial charge in [0.15, 0.2) is 5.96 Å². The van der Waals surface area contributed by atoms with Crippen LogP contribution in [0.2, 0.25) is 0 Å². The number of hydrogen-bond donors (Lipinski definition) is 3. The molecule has 0 aliphatic heterocycles. The first-order valence-electron chi connectivity index (χ1n) is 7.00. The van der Waals surface area contributed by atoms with Crippen LogP contribution in [-0.4, -0.2) is 46.8 Å². The van der Waals surface area contributed by atoms with Gasteiger partial charge >= 0.3 is 0 Å². The van der Waals surface area contributed by atoms with E-state index < -0.39 is 10.0 Å². The second-order valence-corrected chi connectivity index (χ2v) is 6.37. The van der Waals surface area contributed by atoms with Crippen molar-refractivity contribution in [2.45, 2.75) is 19.8 Å². The van der Waals surface area contributed by atoms with E-state index in [9.17, 15) is 8.42 Å². The zero-order valence-corrected chi connectivity index (χ0v) is 13.4. The highest BCUT2D eigenvalue weighted by Crippen LogP contribution is 1.99. The van der Waals surface area contributed by atoms with Gasteiger partial charge in [0, 0.05) is 32.6 Å². The van der Waals surface area contributed by atoms with E-state index in [-0.39, 0.29) is 0 Å². The molecule has 1 aromatic rings. The Balaban J connectivity index is 2.25. The average Bonchev–Trinajstić information content (AvgIpc) is 2.90. The summed E-state index contributed by atoms with van der Waals surface area (Å²) in [5.41, 5.74) is 0. The molecule has 1 aromatic heterocycles. The summed E-state index contributed by atoms with van der Waals surface area (Å²) in [7, 11) is -3.11. The molecule has 0 saturated carbocycles. The smallest absolute Gasteiger partial charge is 0.208 e. The number of furan rings is 1. The Labute approximate surface area is 126 Å². The third kappa shape index (κ3) is 9.09. The Bertz CT molecular complexity index is 512. The zero-order chi connectivity index (χ0) is 15.6. The molecule has 0 radical (unpaired) electrons. The quantitative estimate of drug-likeness (QED) is 0.346. The maximum Gasteiger partial charge on any atom is 0.208 e. The molecule has 0 amide bonds. The molecule has 8 heteroatoms. The molecule has 0 bridgehead atoms. The van der Waals surface area contributed by atoms with E-state index in [1.54, 1.807) is 6.26 Å². The second-order valence-electron chi connectivity index (χ2n) is 4.54. The van der Waals surface area contributed by atoms with Crippen LogP contribution in [0, 0.1) is 0 Å². The predicted octanol–water partition coefficient (Wildman–Crippen LogP) is 0.317. The lowest BCUT2D eigenvalue weighted by Crippen LogP contribution is -2.38. The Morgan fingerprint density at radius 2 is 2.14 bits per heavy atom. The molecule has 0 atom stereocenters. The standard InChI is InChI=1S/C13H24N4O3S/c1-3-14-13(15-8-5-9-17-21(2,18)19)16-10-7-12-6-4-11-20-12/h4,6,11,17H,3,5,7-10H2,1-2H3,(H2,14,15,16). The molecule has 0 aliphatic rings. The summed E-state index contributed by atoms with van der Waals surface area (Å²) >= 11 is 0. The molecule has 0 aliphatic carbocycles. The number of hydrogen-bond acceptors (Lipinski definition) is 4. The van der Waals surface area contributed by atoms with Crippen molar-refractivity contribution in [3.63, 3.8) is 0 Å². The minimum atomic E-state index is -3.11. The first-order valence-corrected chi connectivity index (χ1v) is 8.89. The number of nitrogens with one attached hydrogen (secondary N) is 3. The zero-order valence-electron chi connectivity index (χ0n) is 12.6. The van der Waals surface area contributed by atoms with Crippen LogP contribution in [0.15, 0.2) is 27.8 Å². The van der Waals surface area contributed by atoms with Crippen LogP contribution in [0.4, 0.5) is 0 Å². The fraction of sp³-hybridized carbons (Fsp3) is 0.615. The second kappa shape index (κ2) is 9.41. The number of rotatable bonds is 9. The fourth-order valence-corrected chi connectivity index (χ4v) is 2.14. The molecule has 7 nitrogen and oxygen atoms in total. The van der Waals surface area contributed by atoms with Gasteiger partial charge in [-0.05, 0) is 25.5 Å². The van der Waals surface area contributed by atoms with E-state index >= 15 is 0 Å². The highest BCUT2D eigenvalue weighted by atomic mass is 32.2. The number of guanidine groups is 1. The summed E-state index contributed by atoms with van der Waals surface area (Å²) in [6.07, 6.45) is 4.24. The Hall–Kier alpha value is -1.54. The van der Waals surface area contributed by atoms with E-state index in [4.69, 9.17) is 4.42 Å². The molecule has 0 saturated heterocycles. The molecule has 0 fully saturated rings. The minimum absolute atomic E-state index is 0.397. The van der Waals surface area contributed by atoms with Crippen molar-refractivity contribution in [2.24, 2.45) is 4.99 Å². The monoisotopic (exact) mass is 316 g/mol. The van der Waals surface area contributed by atoms with E-state index in [2.05, 4.69) is 20.3 Å². The van der Waals surface area contributed by atoms with Crippen LogP contribution in [0.1, 0.15) is 19.1 Å². The highest BCUT2D eigenvalue weighted by molar-refractivity contribution is 7.88. The van der Waals surface area contributed by atoms with Crippen molar-refractivity contribution >= 4 is 16.0 Å². The molecular weight excluding hydrogens is 292 g/mol. The third-order valence-corrected chi connectivity index (χ3v) is 3.29. The average molecular weight is 316 g/mol. The van der Waals surface area contributed by atoms with E-state index in [0.29, 0.717) is 19.5 Å². The minimum Gasteiger partial charge on any atom is -0.469 e. The lowest BCUT2D eigenvalue weighted by atomic mass is 10.3. The Morgan fingerprint density at radius 1 is 1.33 bits per heavy atom. The van der Waals surface area contributed by atoms with Gasteiger partial charge in [-0.2, -0.15) is 0 Å². The first-order chi connectivity index (χ1) is 10.0. The highest BCUT2D eigenvalue weighted by Gasteiger charge is 2.00. The molecular formula is C13H24N4O3S. The summed E-state index contributed by atoms with van der Waals surface area (Å²) in [4.78, 5) is 4.38. The van der Waals surface area contributed by atoms with Crippen LogP contribution < -0.4 is 15.4 Å². The van der Waals surface area contributed by atoms with Gasteiger partial charge in [0.2, 0.25) is 10.0 Å². The molecule has 120 valence electrons. The van der Waals surface area contributed by atoms with Crippen LogP contribution >= 0.6 is 0 Å². The number of nitrogens with zero attached hydrogens (tertiary/aromatic N) is 1. The fourth-order valence-electron chi connectivity index (χ4n) is 1.63. The van der Waals surface area contributed by atoms with Gasteiger partial charge < -0.3 is 15.1 Å². The van der Waals surface area contributed by atoms with Gasteiger partial charge in [-0.1, -0.05) is 0 Å². The van der Waals surface area contributed by atoms with Gasteiger partial charge in [-0.15, -0.1) is 0 Å². The molecule has 1 rings (SSSR count). The summed E-state index contributed by atoms with van der Waals surface area (Å²) < 4.78 is 29.5. The van der Waals surface area contributed by atoms with Crippen LogP contribution in [0.5, 0.6) is 0 Å². The van der Waals surface area contributed by atoms with Crippen LogP contribution in [0.25, 0.3) is 0 Å². The van der Waals surface area contributed by atoms with E-state index in [0.717, 1.165) is 37.5 Å². The lowest BCUT2D eigenvalue weighted by Gasteiger charge is -2.10. The van der Waals surface area contributed by atoms with Gasteiger partial charge in [-0.25, -0.2) is 13.1 Å². The molecule has 0 aromatic carbocycles. The summed E-state index contributed by atoms with van der Waals surface area (Å²) in [5, 5.41) is 6.35. The molecule has 3 N–H and O–H groups in total. The van der Waals surface area contributed by atoms with Crippen LogP contribution in [-0.2, 0) is 16.4 Å². The predicted molar refractivity (Wildman–Crippen MR) is 83.9 cm³/mol. The topological polar surface area (TPSA) is 95.7 Å². The van der Waals surface area contributed by atoms with E-state index in [1.807, 2.05) is 19.1 Å². The SMILES string of the molecule is CCNC(=NCCCNS(C)(=O)=O)NCCc1ccco1. The molecule has 0 unspecified atom stereocenters. The van der Waals surface area contributed by atoms with Gasteiger partial charge in [0.25, 0.3) is 0 Å². The van der Waals surface area contributed by atoms with Crippen molar-refractivity contribution in [1.82, 2.24) is 15.4 Å². The van der Waals surface area contributed by atoms with Crippen LogP contribution in [0.3, 0.4) is 0 Å². The first kappa shape index (κ1) is 17.5. The van der Waals surface area contributed by atoms with Crippen molar-refractivity contribution in [3.05, 3.63) is 24.2 Å². The summed E-state index contributed by atoms with van der Waals surface area (Å²) in [6, 6.07) is 3.80. The molecule has 21 heavy (non-hydrogen) atoms. The normalized spacial score (nSPS) is 12.4. The van der Waals surface area contributed by atoms with Crippen molar-refractivity contribution < 1.29 is 12.8 Å². The molecule has 0 spiro atoms. The van der Waals surface area contributed by atoms with Gasteiger partial charge in [0.05, 0.1) is 12.5 Å². The summed E-state index contributed by atoms with van der Waals surface area (Å²) in [6.45, 7) is 4.44. The Kier molecular flexibility index (Phi) is 7.84. The summed E-state index contributed by atoms with van der Waals surface area (Å²) in [5.74, 6) is 1.65. The Morgan fingerprint density at radius 3 is 2.76 bits per heavy atom. The molecule has 1 heterocycles. The third-order valence-electron chi connectivity index (χ3n) is 2.56. The number of sulfonamides is 1. The van der Waals surface area contributed by atoms with Gasteiger partial charge in [0.1, 0.15) is 5.76 Å². The maximum atomic E-state index is 10.9. The van der Waals surface area contributed by atoms with Gasteiger partial charge in [-0.3, -0.25) is 4.99 Å². The van der Waals surface area contributed by atoms with Crippen molar-refractivity contribution in [1.29, 1.82) is 0 Å².